The molecule has 2 aliphatic rings. The van der Waals surface area contributed by atoms with E-state index in [0.717, 1.165) is 55.7 Å². The Morgan fingerprint density at radius 1 is 1.04 bits per heavy atom. The van der Waals surface area contributed by atoms with Gasteiger partial charge in [-0.1, -0.05) is 0 Å². The number of hydrogen-bond donors (Lipinski definition) is 0. The van der Waals surface area contributed by atoms with E-state index < -0.39 is 0 Å². The third-order valence-corrected chi connectivity index (χ3v) is 5.60. The fourth-order valence-electron chi connectivity index (χ4n) is 3.91. The Morgan fingerprint density at radius 3 is 2.21 bits per heavy atom. The Bertz CT molecular complexity index is 623. The first-order valence-corrected chi connectivity index (χ1v) is 9.03. The maximum Gasteiger partial charge on any atom is 0.227 e. The van der Waals surface area contributed by atoms with Gasteiger partial charge in [-0.25, -0.2) is 0 Å². The van der Waals surface area contributed by atoms with Crippen molar-refractivity contribution in [3.8, 4) is 0 Å². The highest BCUT2D eigenvalue weighted by Gasteiger charge is 2.31. The van der Waals surface area contributed by atoms with Crippen molar-refractivity contribution in [3.63, 3.8) is 0 Å². The number of aromatic nitrogens is 2. The van der Waals surface area contributed by atoms with Gasteiger partial charge in [-0.15, -0.1) is 0 Å². The number of aryl methyl sites for hydroxylation is 2. The van der Waals surface area contributed by atoms with Crippen molar-refractivity contribution in [2.75, 3.05) is 26.2 Å². The molecule has 6 heteroatoms. The van der Waals surface area contributed by atoms with Crippen LogP contribution >= 0.6 is 0 Å². The Balaban J connectivity index is 1.54. The van der Waals surface area contributed by atoms with E-state index in [4.69, 9.17) is 0 Å². The first-order chi connectivity index (χ1) is 11.5. The summed E-state index contributed by atoms with van der Waals surface area (Å²) in [6.07, 6.45) is 4.27. The van der Waals surface area contributed by atoms with Crippen LogP contribution in [0.15, 0.2) is 0 Å². The number of carbonyl (C=O) groups excluding carboxylic acids is 2. The molecule has 0 unspecified atom stereocenters. The van der Waals surface area contributed by atoms with E-state index in [9.17, 15) is 9.59 Å². The molecule has 24 heavy (non-hydrogen) atoms. The number of nitrogens with zero attached hydrogens (tertiary/aromatic N) is 4. The van der Waals surface area contributed by atoms with Crippen molar-refractivity contribution < 1.29 is 9.59 Å². The highest BCUT2D eigenvalue weighted by Crippen LogP contribution is 2.23. The molecule has 132 valence electrons. The summed E-state index contributed by atoms with van der Waals surface area (Å²) in [5, 5.41) is 4.38. The fourth-order valence-corrected chi connectivity index (χ4v) is 3.91. The first kappa shape index (κ1) is 17.0. The van der Waals surface area contributed by atoms with Gasteiger partial charge in [0.25, 0.3) is 0 Å². The normalized spacial score (nSPS) is 19.1. The molecule has 0 radical (unpaired) electrons. The van der Waals surface area contributed by atoms with E-state index in [1.807, 2.05) is 35.4 Å². The van der Waals surface area contributed by atoms with Crippen LogP contribution in [0.2, 0.25) is 0 Å². The molecule has 0 bridgehead atoms. The highest BCUT2D eigenvalue weighted by molar-refractivity contribution is 5.81. The van der Waals surface area contributed by atoms with Gasteiger partial charge >= 0.3 is 0 Å². The predicted octanol–water partition coefficient (Wildman–Crippen LogP) is 1.44. The van der Waals surface area contributed by atoms with E-state index in [2.05, 4.69) is 5.10 Å². The summed E-state index contributed by atoms with van der Waals surface area (Å²) >= 11 is 0. The molecule has 3 rings (SSSR count). The van der Waals surface area contributed by atoms with E-state index >= 15 is 0 Å². The lowest BCUT2D eigenvalue weighted by atomic mass is 9.95. The molecule has 1 aromatic heterocycles. The van der Waals surface area contributed by atoms with Gasteiger partial charge in [-0.3, -0.25) is 14.3 Å². The van der Waals surface area contributed by atoms with E-state index in [1.54, 1.807) is 0 Å². The molecule has 2 amide bonds. The molecule has 3 heterocycles. The van der Waals surface area contributed by atoms with Crippen molar-refractivity contribution in [2.24, 2.45) is 13.0 Å². The Hall–Kier alpha value is -1.85. The van der Waals surface area contributed by atoms with Crippen LogP contribution in [0.1, 0.15) is 42.6 Å². The predicted molar refractivity (Wildman–Crippen MR) is 91.5 cm³/mol. The topological polar surface area (TPSA) is 58.4 Å². The molecule has 0 atom stereocenters. The Labute approximate surface area is 143 Å². The molecule has 2 aliphatic heterocycles. The van der Waals surface area contributed by atoms with E-state index in [0.29, 0.717) is 25.4 Å². The van der Waals surface area contributed by atoms with E-state index in [-0.39, 0.29) is 11.8 Å². The average Bonchev–Trinajstić information content (AvgIpc) is 3.19. The second-order valence-corrected chi connectivity index (χ2v) is 7.14. The summed E-state index contributed by atoms with van der Waals surface area (Å²) in [5.74, 6) is 0.564. The molecule has 6 nitrogen and oxygen atoms in total. The number of rotatable bonds is 3. The SMILES string of the molecule is Cc1nn(C)c(C)c1CC(=O)N1CCC(C(=O)N2CCCC2)CC1. The minimum atomic E-state index is 0.106. The molecule has 2 saturated heterocycles. The van der Waals surface area contributed by atoms with Gasteiger partial charge < -0.3 is 9.80 Å². The number of likely N-dealkylation sites (tertiary alicyclic amines) is 2. The molecule has 0 N–H and O–H groups in total. The Morgan fingerprint density at radius 2 is 1.67 bits per heavy atom. The summed E-state index contributed by atoms with van der Waals surface area (Å²) in [6.45, 7) is 7.18. The number of piperidine rings is 1. The standard InChI is InChI=1S/C18H28N4O2/c1-13-16(14(2)20(3)19-13)12-17(23)21-10-6-15(7-11-21)18(24)22-8-4-5-9-22/h15H,4-12H2,1-3H3. The van der Waals surface area contributed by atoms with Gasteiger partial charge in [0.15, 0.2) is 0 Å². The van der Waals surface area contributed by atoms with Crippen LogP contribution in [0, 0.1) is 19.8 Å². The Kier molecular flexibility index (Phi) is 4.92. The van der Waals surface area contributed by atoms with Gasteiger partial charge in [-0.05, 0) is 39.5 Å². The van der Waals surface area contributed by atoms with Gasteiger partial charge in [-0.2, -0.15) is 5.10 Å². The largest absolute Gasteiger partial charge is 0.342 e. The smallest absolute Gasteiger partial charge is 0.227 e. The fraction of sp³-hybridized carbons (Fsp3) is 0.722. The monoisotopic (exact) mass is 332 g/mol. The van der Waals surface area contributed by atoms with Crippen molar-refractivity contribution in [1.82, 2.24) is 19.6 Å². The van der Waals surface area contributed by atoms with Crippen LogP contribution in [0.4, 0.5) is 0 Å². The van der Waals surface area contributed by atoms with Crippen LogP contribution in [-0.2, 0) is 23.1 Å². The lowest BCUT2D eigenvalue weighted by Gasteiger charge is -2.33. The van der Waals surface area contributed by atoms with Crippen LogP contribution in [0.25, 0.3) is 0 Å². The molecular weight excluding hydrogens is 304 g/mol. The zero-order valence-corrected chi connectivity index (χ0v) is 15.0. The molecule has 0 spiro atoms. The number of amides is 2. The quantitative estimate of drug-likeness (QED) is 0.841. The zero-order chi connectivity index (χ0) is 17.3. The summed E-state index contributed by atoms with van der Waals surface area (Å²) in [4.78, 5) is 29.0. The summed E-state index contributed by atoms with van der Waals surface area (Å²) in [5.41, 5.74) is 3.03. The third-order valence-electron chi connectivity index (χ3n) is 5.60. The zero-order valence-electron chi connectivity index (χ0n) is 15.0. The molecule has 2 fully saturated rings. The first-order valence-electron chi connectivity index (χ1n) is 9.03. The lowest BCUT2D eigenvalue weighted by Crippen LogP contribution is -2.44. The highest BCUT2D eigenvalue weighted by atomic mass is 16.2. The second kappa shape index (κ2) is 6.95. The molecule has 0 saturated carbocycles. The minimum Gasteiger partial charge on any atom is -0.342 e. The molecule has 1 aromatic rings. The summed E-state index contributed by atoms with van der Waals surface area (Å²) in [7, 11) is 1.91. The van der Waals surface area contributed by atoms with Gasteiger partial charge in [0.2, 0.25) is 11.8 Å². The second-order valence-electron chi connectivity index (χ2n) is 7.14. The van der Waals surface area contributed by atoms with Gasteiger partial charge in [0, 0.05) is 50.4 Å². The molecule has 0 aromatic carbocycles. The van der Waals surface area contributed by atoms with Gasteiger partial charge in [0.05, 0.1) is 12.1 Å². The van der Waals surface area contributed by atoms with E-state index in [1.165, 1.54) is 0 Å². The maximum absolute atomic E-state index is 12.6. The van der Waals surface area contributed by atoms with Crippen molar-refractivity contribution >= 4 is 11.8 Å². The van der Waals surface area contributed by atoms with Crippen LogP contribution < -0.4 is 0 Å². The van der Waals surface area contributed by atoms with Gasteiger partial charge in [0.1, 0.15) is 0 Å². The summed E-state index contributed by atoms with van der Waals surface area (Å²) in [6, 6.07) is 0. The lowest BCUT2D eigenvalue weighted by molar-refractivity contribution is -0.139. The van der Waals surface area contributed by atoms with Crippen LogP contribution in [0.3, 0.4) is 0 Å². The molecule has 0 aliphatic carbocycles. The van der Waals surface area contributed by atoms with Crippen molar-refractivity contribution in [3.05, 3.63) is 17.0 Å². The van der Waals surface area contributed by atoms with Crippen LogP contribution in [-0.4, -0.2) is 57.6 Å². The van der Waals surface area contributed by atoms with Crippen molar-refractivity contribution in [1.29, 1.82) is 0 Å². The summed E-state index contributed by atoms with van der Waals surface area (Å²) < 4.78 is 1.83. The number of hydrogen-bond acceptors (Lipinski definition) is 3. The average molecular weight is 332 g/mol. The minimum absolute atomic E-state index is 0.106. The van der Waals surface area contributed by atoms with Crippen molar-refractivity contribution in [2.45, 2.75) is 46.0 Å². The third kappa shape index (κ3) is 3.32. The maximum atomic E-state index is 12.6. The molecular formula is C18H28N4O2. The number of carbonyl (C=O) groups is 2. The van der Waals surface area contributed by atoms with Crippen LogP contribution in [0.5, 0.6) is 0 Å².